The Labute approximate surface area is 102 Å². The molecule has 0 spiro atoms. The zero-order valence-electron chi connectivity index (χ0n) is 10.6. The Morgan fingerprint density at radius 1 is 1.29 bits per heavy atom. The van der Waals surface area contributed by atoms with Crippen LogP contribution in [-0.4, -0.2) is 29.2 Å². The summed E-state index contributed by atoms with van der Waals surface area (Å²) in [6.45, 7) is 6.61. The van der Waals surface area contributed by atoms with Crippen molar-refractivity contribution in [3.05, 3.63) is 35.9 Å². The van der Waals surface area contributed by atoms with Gasteiger partial charge in [0.25, 0.3) is 0 Å². The highest BCUT2D eigenvalue weighted by Crippen LogP contribution is 2.25. The Morgan fingerprint density at radius 3 is 2.53 bits per heavy atom. The zero-order chi connectivity index (χ0) is 12.5. The maximum Gasteiger partial charge on any atom is 0.410 e. The standard InChI is InChI=1S/C14H19NO2/c1-14(2,3)15-12(10-17-13(15)16)9-11-7-5-4-6-8-11/h4-8,12H,9-10H2,1-3H3. The molecule has 3 heteroatoms. The largest absolute Gasteiger partial charge is 0.447 e. The molecule has 1 aromatic rings. The van der Waals surface area contributed by atoms with Gasteiger partial charge in [0.2, 0.25) is 0 Å². The highest BCUT2D eigenvalue weighted by molar-refractivity contribution is 5.71. The van der Waals surface area contributed by atoms with Gasteiger partial charge in [0, 0.05) is 5.54 Å². The summed E-state index contributed by atoms with van der Waals surface area (Å²) in [6, 6.07) is 10.4. The number of cyclic esters (lactones) is 1. The van der Waals surface area contributed by atoms with Gasteiger partial charge in [0.1, 0.15) is 6.61 Å². The molecule has 92 valence electrons. The smallest absolute Gasteiger partial charge is 0.410 e. The highest BCUT2D eigenvalue weighted by atomic mass is 16.6. The molecular weight excluding hydrogens is 214 g/mol. The van der Waals surface area contributed by atoms with Crippen molar-refractivity contribution in [1.82, 2.24) is 4.90 Å². The summed E-state index contributed by atoms with van der Waals surface area (Å²) < 4.78 is 5.16. The number of nitrogens with zero attached hydrogens (tertiary/aromatic N) is 1. The minimum Gasteiger partial charge on any atom is -0.447 e. The molecule has 1 aliphatic rings. The molecule has 0 aliphatic carbocycles. The number of rotatable bonds is 2. The predicted octanol–water partition coefficient (Wildman–Crippen LogP) is 2.85. The van der Waals surface area contributed by atoms with Crippen molar-refractivity contribution in [1.29, 1.82) is 0 Å². The summed E-state index contributed by atoms with van der Waals surface area (Å²) in [5, 5.41) is 0. The lowest BCUT2D eigenvalue weighted by molar-refractivity contribution is 0.122. The number of carbonyl (C=O) groups is 1. The molecule has 3 nitrogen and oxygen atoms in total. The van der Waals surface area contributed by atoms with Crippen molar-refractivity contribution in [2.24, 2.45) is 0 Å². The number of ether oxygens (including phenoxy) is 1. The Hall–Kier alpha value is -1.51. The lowest BCUT2D eigenvalue weighted by atomic mass is 10.00. The Morgan fingerprint density at radius 2 is 1.94 bits per heavy atom. The first-order valence-corrected chi connectivity index (χ1v) is 5.98. The molecule has 1 aliphatic heterocycles. The van der Waals surface area contributed by atoms with Crippen molar-refractivity contribution in [3.8, 4) is 0 Å². The maximum atomic E-state index is 11.7. The molecule has 0 saturated carbocycles. The van der Waals surface area contributed by atoms with E-state index in [1.54, 1.807) is 0 Å². The Kier molecular flexibility index (Phi) is 3.09. The molecule has 1 amide bonds. The van der Waals surface area contributed by atoms with Gasteiger partial charge < -0.3 is 4.74 Å². The van der Waals surface area contributed by atoms with E-state index in [0.717, 1.165) is 6.42 Å². The van der Waals surface area contributed by atoms with Gasteiger partial charge in [-0.2, -0.15) is 0 Å². The van der Waals surface area contributed by atoms with Crippen molar-refractivity contribution in [2.75, 3.05) is 6.61 Å². The quantitative estimate of drug-likeness (QED) is 0.786. The van der Waals surface area contributed by atoms with Crippen LogP contribution < -0.4 is 0 Å². The monoisotopic (exact) mass is 233 g/mol. The van der Waals surface area contributed by atoms with E-state index in [4.69, 9.17) is 4.74 Å². The number of carbonyl (C=O) groups excluding carboxylic acids is 1. The topological polar surface area (TPSA) is 29.5 Å². The third kappa shape index (κ3) is 2.60. The van der Waals surface area contributed by atoms with E-state index in [-0.39, 0.29) is 17.7 Å². The van der Waals surface area contributed by atoms with E-state index >= 15 is 0 Å². The van der Waals surface area contributed by atoms with E-state index in [1.807, 2.05) is 43.9 Å². The summed E-state index contributed by atoms with van der Waals surface area (Å²) in [5.41, 5.74) is 1.05. The fraction of sp³-hybridized carbons (Fsp3) is 0.500. The average molecular weight is 233 g/mol. The second-order valence-corrected chi connectivity index (χ2v) is 5.46. The SMILES string of the molecule is CC(C)(C)N1C(=O)OCC1Cc1ccccc1. The van der Waals surface area contributed by atoms with E-state index in [2.05, 4.69) is 12.1 Å². The van der Waals surface area contributed by atoms with Crippen LogP contribution in [0.5, 0.6) is 0 Å². The average Bonchev–Trinajstić information content (AvgIpc) is 2.60. The molecule has 0 bridgehead atoms. The maximum absolute atomic E-state index is 11.7. The van der Waals surface area contributed by atoms with Crippen LogP contribution in [0.4, 0.5) is 4.79 Å². The molecule has 1 unspecified atom stereocenters. The minimum atomic E-state index is -0.196. The van der Waals surface area contributed by atoms with Gasteiger partial charge in [-0.25, -0.2) is 4.79 Å². The van der Waals surface area contributed by atoms with Crippen LogP contribution in [-0.2, 0) is 11.2 Å². The van der Waals surface area contributed by atoms with E-state index in [9.17, 15) is 4.79 Å². The van der Waals surface area contributed by atoms with Gasteiger partial charge in [-0.05, 0) is 32.8 Å². The number of hydrogen-bond donors (Lipinski definition) is 0. The van der Waals surface area contributed by atoms with Gasteiger partial charge in [-0.3, -0.25) is 4.90 Å². The summed E-state index contributed by atoms with van der Waals surface area (Å²) >= 11 is 0. The second kappa shape index (κ2) is 4.40. The molecule has 1 atom stereocenters. The van der Waals surface area contributed by atoms with Crippen LogP contribution in [0.25, 0.3) is 0 Å². The first-order valence-electron chi connectivity index (χ1n) is 5.98. The van der Waals surface area contributed by atoms with E-state index in [1.165, 1.54) is 5.56 Å². The van der Waals surface area contributed by atoms with Crippen LogP contribution in [0.2, 0.25) is 0 Å². The first kappa shape index (κ1) is 12.0. The van der Waals surface area contributed by atoms with Crippen LogP contribution in [0.1, 0.15) is 26.3 Å². The van der Waals surface area contributed by atoms with Crippen LogP contribution >= 0.6 is 0 Å². The summed E-state index contributed by atoms with van der Waals surface area (Å²) in [5.74, 6) is 0. The van der Waals surface area contributed by atoms with Crippen LogP contribution in [0, 0.1) is 0 Å². The zero-order valence-corrected chi connectivity index (χ0v) is 10.6. The normalized spacial score (nSPS) is 20.5. The molecule has 1 fully saturated rings. The highest BCUT2D eigenvalue weighted by Gasteiger charge is 2.39. The number of hydrogen-bond acceptors (Lipinski definition) is 2. The van der Waals surface area contributed by atoms with Crippen molar-refractivity contribution >= 4 is 6.09 Å². The molecule has 1 heterocycles. The van der Waals surface area contributed by atoms with Crippen LogP contribution in [0.3, 0.4) is 0 Å². The molecule has 1 saturated heterocycles. The third-order valence-corrected chi connectivity index (χ3v) is 3.00. The lowest BCUT2D eigenvalue weighted by Gasteiger charge is -2.34. The third-order valence-electron chi connectivity index (χ3n) is 3.00. The molecule has 1 aromatic carbocycles. The first-order chi connectivity index (χ1) is 7.98. The molecule has 2 rings (SSSR count). The molecule has 0 N–H and O–H groups in total. The van der Waals surface area contributed by atoms with Crippen molar-refractivity contribution in [2.45, 2.75) is 38.8 Å². The Balaban J connectivity index is 2.13. The van der Waals surface area contributed by atoms with Crippen molar-refractivity contribution in [3.63, 3.8) is 0 Å². The van der Waals surface area contributed by atoms with Gasteiger partial charge in [0.05, 0.1) is 6.04 Å². The lowest BCUT2D eigenvalue weighted by Crippen LogP contribution is -2.48. The molecule has 0 aromatic heterocycles. The van der Waals surface area contributed by atoms with E-state index < -0.39 is 0 Å². The molecule has 0 radical (unpaired) electrons. The minimum absolute atomic E-state index is 0.143. The number of amides is 1. The fourth-order valence-corrected chi connectivity index (χ4v) is 2.32. The van der Waals surface area contributed by atoms with Gasteiger partial charge in [-0.1, -0.05) is 30.3 Å². The summed E-state index contributed by atoms with van der Waals surface area (Å²) in [6.07, 6.45) is 0.655. The van der Waals surface area contributed by atoms with E-state index in [0.29, 0.717) is 6.61 Å². The predicted molar refractivity (Wildman–Crippen MR) is 66.9 cm³/mol. The van der Waals surface area contributed by atoms with Gasteiger partial charge >= 0.3 is 6.09 Å². The van der Waals surface area contributed by atoms with Crippen LogP contribution in [0.15, 0.2) is 30.3 Å². The summed E-state index contributed by atoms with van der Waals surface area (Å²) in [7, 11) is 0. The van der Waals surface area contributed by atoms with Crippen molar-refractivity contribution < 1.29 is 9.53 Å². The van der Waals surface area contributed by atoms with Gasteiger partial charge in [-0.15, -0.1) is 0 Å². The summed E-state index contributed by atoms with van der Waals surface area (Å²) in [4.78, 5) is 13.6. The second-order valence-electron chi connectivity index (χ2n) is 5.46. The fourth-order valence-electron chi connectivity index (χ4n) is 2.32. The molecule has 17 heavy (non-hydrogen) atoms. The van der Waals surface area contributed by atoms with Gasteiger partial charge in [0.15, 0.2) is 0 Å². The Bertz CT molecular complexity index is 394. The number of benzene rings is 1. The molecular formula is C14H19NO2.